The van der Waals surface area contributed by atoms with Gasteiger partial charge in [-0.1, -0.05) is 13.3 Å². The fourth-order valence-corrected chi connectivity index (χ4v) is 2.57. The molecule has 1 fully saturated rings. The van der Waals surface area contributed by atoms with Gasteiger partial charge < -0.3 is 15.7 Å². The lowest BCUT2D eigenvalue weighted by Gasteiger charge is -2.33. The predicted octanol–water partition coefficient (Wildman–Crippen LogP) is 1.77. The zero-order valence-electron chi connectivity index (χ0n) is 12.9. The highest BCUT2D eigenvalue weighted by Gasteiger charge is 2.34. The summed E-state index contributed by atoms with van der Waals surface area (Å²) in [6, 6.07) is 0.0993. The zero-order chi connectivity index (χ0) is 15.2. The Balaban J connectivity index is 2.29. The van der Waals surface area contributed by atoms with Crippen molar-refractivity contribution in [2.45, 2.75) is 58.9 Å². The molecule has 1 heterocycles. The van der Waals surface area contributed by atoms with Crippen molar-refractivity contribution in [3.63, 3.8) is 0 Å². The van der Waals surface area contributed by atoms with Crippen LogP contribution < -0.4 is 10.6 Å². The maximum Gasteiger partial charge on any atom is 0.306 e. The van der Waals surface area contributed by atoms with Crippen LogP contribution in [0, 0.1) is 11.3 Å². The van der Waals surface area contributed by atoms with Crippen LogP contribution in [0.5, 0.6) is 0 Å². The van der Waals surface area contributed by atoms with Gasteiger partial charge in [0.1, 0.15) is 0 Å². The molecule has 3 N–H and O–H groups in total. The molecule has 3 unspecified atom stereocenters. The standard InChI is InChI=1S/C15H28N2O3/c1-11(13(18)19)6-4-7-12(2)17-14(20)15(3)8-5-9-16-10-15/h11-12,16H,4-10H2,1-3H3,(H,17,20)(H,18,19). The second kappa shape index (κ2) is 7.62. The minimum Gasteiger partial charge on any atom is -0.481 e. The molecule has 0 saturated carbocycles. The van der Waals surface area contributed by atoms with Crippen molar-refractivity contribution in [2.24, 2.45) is 11.3 Å². The van der Waals surface area contributed by atoms with Crippen LogP contribution in [-0.4, -0.2) is 36.1 Å². The number of carboxylic acid groups (broad SMARTS) is 1. The number of carbonyl (C=O) groups is 2. The van der Waals surface area contributed by atoms with Gasteiger partial charge in [-0.2, -0.15) is 0 Å². The third-order valence-corrected chi connectivity index (χ3v) is 4.22. The van der Waals surface area contributed by atoms with E-state index in [1.807, 2.05) is 13.8 Å². The molecule has 1 amide bonds. The average Bonchev–Trinajstić information content (AvgIpc) is 2.39. The molecule has 0 aromatic heterocycles. The topological polar surface area (TPSA) is 78.4 Å². The fraction of sp³-hybridized carbons (Fsp3) is 0.867. The van der Waals surface area contributed by atoms with E-state index in [0.29, 0.717) is 6.42 Å². The van der Waals surface area contributed by atoms with Gasteiger partial charge in [0.15, 0.2) is 0 Å². The molecule has 0 bridgehead atoms. The SMILES string of the molecule is CC(CCCC(C)C(=O)O)NC(=O)C1(C)CCCNC1. The van der Waals surface area contributed by atoms with Gasteiger partial charge in [0.05, 0.1) is 11.3 Å². The number of amides is 1. The maximum atomic E-state index is 12.3. The number of piperidine rings is 1. The van der Waals surface area contributed by atoms with Crippen molar-refractivity contribution < 1.29 is 14.7 Å². The second-order valence-corrected chi connectivity index (χ2v) is 6.39. The van der Waals surface area contributed by atoms with Crippen LogP contribution in [0.3, 0.4) is 0 Å². The Bertz CT molecular complexity index is 338. The smallest absolute Gasteiger partial charge is 0.306 e. The summed E-state index contributed by atoms with van der Waals surface area (Å²) in [7, 11) is 0. The number of hydrogen-bond donors (Lipinski definition) is 3. The predicted molar refractivity (Wildman–Crippen MR) is 78.5 cm³/mol. The molecular weight excluding hydrogens is 256 g/mol. The maximum absolute atomic E-state index is 12.3. The van der Waals surface area contributed by atoms with E-state index in [1.165, 1.54) is 0 Å². The first-order valence-electron chi connectivity index (χ1n) is 7.59. The van der Waals surface area contributed by atoms with Crippen molar-refractivity contribution in [1.82, 2.24) is 10.6 Å². The Hall–Kier alpha value is -1.10. The third kappa shape index (κ3) is 5.12. The molecule has 0 aromatic carbocycles. The van der Waals surface area contributed by atoms with Crippen LogP contribution in [0.25, 0.3) is 0 Å². The lowest BCUT2D eigenvalue weighted by atomic mass is 9.81. The Morgan fingerprint density at radius 1 is 1.35 bits per heavy atom. The van der Waals surface area contributed by atoms with Crippen LogP contribution in [0.2, 0.25) is 0 Å². The Kier molecular flexibility index (Phi) is 6.46. The van der Waals surface area contributed by atoms with Crippen LogP contribution >= 0.6 is 0 Å². The molecule has 0 aliphatic carbocycles. The summed E-state index contributed by atoms with van der Waals surface area (Å²) in [6.07, 6.45) is 4.27. The fourth-order valence-electron chi connectivity index (χ4n) is 2.57. The van der Waals surface area contributed by atoms with E-state index in [1.54, 1.807) is 6.92 Å². The number of hydrogen-bond acceptors (Lipinski definition) is 3. The molecule has 1 saturated heterocycles. The molecule has 5 heteroatoms. The molecule has 0 spiro atoms. The van der Waals surface area contributed by atoms with Gasteiger partial charge in [-0.3, -0.25) is 9.59 Å². The number of rotatable bonds is 7. The first-order valence-corrected chi connectivity index (χ1v) is 7.59. The van der Waals surface area contributed by atoms with E-state index in [4.69, 9.17) is 5.11 Å². The summed E-state index contributed by atoms with van der Waals surface area (Å²) in [5.74, 6) is -0.941. The lowest BCUT2D eigenvalue weighted by Crippen LogP contribution is -2.50. The van der Waals surface area contributed by atoms with Crippen molar-refractivity contribution >= 4 is 11.9 Å². The van der Waals surface area contributed by atoms with Crippen LogP contribution in [0.4, 0.5) is 0 Å². The van der Waals surface area contributed by atoms with Crippen molar-refractivity contribution in [2.75, 3.05) is 13.1 Å². The van der Waals surface area contributed by atoms with Crippen LogP contribution in [0.1, 0.15) is 52.9 Å². The van der Waals surface area contributed by atoms with E-state index < -0.39 is 5.97 Å². The lowest BCUT2D eigenvalue weighted by molar-refractivity contribution is -0.141. The second-order valence-electron chi connectivity index (χ2n) is 6.39. The minimum atomic E-state index is -0.748. The quantitative estimate of drug-likeness (QED) is 0.666. The highest BCUT2D eigenvalue weighted by atomic mass is 16.4. The Morgan fingerprint density at radius 2 is 2.05 bits per heavy atom. The molecule has 1 aliphatic rings. The molecule has 1 aliphatic heterocycles. The molecule has 1 rings (SSSR count). The van der Waals surface area contributed by atoms with Crippen molar-refractivity contribution in [1.29, 1.82) is 0 Å². The van der Waals surface area contributed by atoms with Gasteiger partial charge in [0.25, 0.3) is 0 Å². The van der Waals surface area contributed by atoms with E-state index in [9.17, 15) is 9.59 Å². The molecule has 0 aromatic rings. The van der Waals surface area contributed by atoms with Gasteiger partial charge in [-0.25, -0.2) is 0 Å². The first-order chi connectivity index (χ1) is 9.35. The third-order valence-electron chi connectivity index (χ3n) is 4.22. The van der Waals surface area contributed by atoms with E-state index in [2.05, 4.69) is 10.6 Å². The minimum absolute atomic E-state index is 0.0993. The molecule has 116 valence electrons. The van der Waals surface area contributed by atoms with Crippen molar-refractivity contribution in [3.05, 3.63) is 0 Å². The molecular formula is C15H28N2O3. The number of carboxylic acids is 1. The normalized spacial score (nSPS) is 25.8. The Morgan fingerprint density at radius 3 is 2.60 bits per heavy atom. The van der Waals surface area contributed by atoms with Gasteiger partial charge in [-0.15, -0.1) is 0 Å². The summed E-state index contributed by atoms with van der Waals surface area (Å²) >= 11 is 0. The average molecular weight is 284 g/mol. The summed E-state index contributed by atoms with van der Waals surface area (Å²) in [5.41, 5.74) is -0.305. The zero-order valence-corrected chi connectivity index (χ0v) is 12.9. The van der Waals surface area contributed by atoms with Gasteiger partial charge >= 0.3 is 5.97 Å². The first kappa shape index (κ1) is 17.0. The molecule has 5 nitrogen and oxygen atoms in total. The summed E-state index contributed by atoms with van der Waals surface area (Å²) < 4.78 is 0. The monoisotopic (exact) mass is 284 g/mol. The van der Waals surface area contributed by atoms with Gasteiger partial charge in [0, 0.05) is 12.6 Å². The summed E-state index contributed by atoms with van der Waals surface area (Å²) in [6.45, 7) is 7.45. The van der Waals surface area contributed by atoms with Crippen LogP contribution in [0.15, 0.2) is 0 Å². The van der Waals surface area contributed by atoms with E-state index in [0.717, 1.165) is 38.8 Å². The van der Waals surface area contributed by atoms with Crippen LogP contribution in [-0.2, 0) is 9.59 Å². The largest absolute Gasteiger partial charge is 0.481 e. The Labute approximate surface area is 121 Å². The molecule has 3 atom stereocenters. The van der Waals surface area contributed by atoms with Gasteiger partial charge in [-0.05, 0) is 46.1 Å². The number of carbonyl (C=O) groups excluding carboxylic acids is 1. The van der Waals surface area contributed by atoms with E-state index >= 15 is 0 Å². The molecule has 0 radical (unpaired) electrons. The summed E-state index contributed by atoms with van der Waals surface area (Å²) in [5, 5.41) is 15.2. The summed E-state index contributed by atoms with van der Waals surface area (Å²) in [4.78, 5) is 23.0. The molecule has 20 heavy (non-hydrogen) atoms. The van der Waals surface area contributed by atoms with Crippen molar-refractivity contribution in [3.8, 4) is 0 Å². The van der Waals surface area contributed by atoms with Gasteiger partial charge in [0.2, 0.25) is 5.91 Å². The highest BCUT2D eigenvalue weighted by molar-refractivity contribution is 5.82. The highest BCUT2D eigenvalue weighted by Crippen LogP contribution is 2.25. The van der Waals surface area contributed by atoms with E-state index in [-0.39, 0.29) is 23.3 Å². The number of aliphatic carboxylic acids is 1. The number of nitrogens with one attached hydrogen (secondary N) is 2.